The third-order valence-corrected chi connectivity index (χ3v) is 4.17. The summed E-state index contributed by atoms with van der Waals surface area (Å²) in [5.41, 5.74) is 3.57. The van der Waals surface area contributed by atoms with Crippen molar-refractivity contribution >= 4 is 0 Å². The zero-order valence-electron chi connectivity index (χ0n) is 9.59. The molecule has 0 aromatic rings. The van der Waals surface area contributed by atoms with Gasteiger partial charge in [-0.2, -0.15) is 13.2 Å². The number of ether oxygens (including phenoxy) is 1. The molecule has 3 nitrogen and oxygen atoms in total. The molecule has 0 spiro atoms. The van der Waals surface area contributed by atoms with E-state index in [0.717, 1.165) is 0 Å². The zero-order chi connectivity index (χ0) is 12.7. The summed E-state index contributed by atoms with van der Waals surface area (Å²) in [6, 6.07) is 0. The van der Waals surface area contributed by atoms with Gasteiger partial charge in [0.2, 0.25) is 0 Å². The van der Waals surface area contributed by atoms with Gasteiger partial charge in [-0.15, -0.1) is 0 Å². The number of halogens is 3. The van der Waals surface area contributed by atoms with Crippen molar-refractivity contribution in [3.8, 4) is 0 Å². The lowest BCUT2D eigenvalue weighted by molar-refractivity contribution is -0.208. The van der Waals surface area contributed by atoms with Gasteiger partial charge in [-0.05, 0) is 32.1 Å². The second-order valence-electron chi connectivity index (χ2n) is 5.33. The lowest BCUT2D eigenvalue weighted by atomic mass is 9.67. The van der Waals surface area contributed by atoms with Crippen LogP contribution in [0.15, 0.2) is 0 Å². The van der Waals surface area contributed by atoms with Crippen molar-refractivity contribution < 1.29 is 23.0 Å². The fourth-order valence-electron chi connectivity index (χ4n) is 2.93. The van der Waals surface area contributed by atoms with Crippen LogP contribution in [-0.2, 0) is 4.74 Å². The van der Waals surface area contributed by atoms with Gasteiger partial charge in [-0.3, -0.25) is 0 Å². The van der Waals surface area contributed by atoms with E-state index >= 15 is 0 Å². The van der Waals surface area contributed by atoms with E-state index in [9.17, 15) is 18.3 Å². The Morgan fingerprint density at radius 1 is 1.29 bits per heavy atom. The zero-order valence-corrected chi connectivity index (χ0v) is 9.59. The Balaban J connectivity index is 2.15. The van der Waals surface area contributed by atoms with E-state index in [4.69, 9.17) is 10.5 Å². The van der Waals surface area contributed by atoms with E-state index < -0.39 is 23.2 Å². The number of alkyl halides is 3. The molecule has 0 aromatic heterocycles. The first-order valence-corrected chi connectivity index (χ1v) is 5.93. The minimum absolute atomic E-state index is 0.0861. The lowest BCUT2D eigenvalue weighted by Crippen LogP contribution is -2.63. The van der Waals surface area contributed by atoms with Crippen LogP contribution in [-0.4, -0.2) is 35.6 Å². The average Bonchev–Trinajstić information content (AvgIpc) is 2.66. The van der Waals surface area contributed by atoms with Crippen LogP contribution in [0.5, 0.6) is 0 Å². The van der Waals surface area contributed by atoms with Gasteiger partial charge >= 0.3 is 6.18 Å². The molecule has 1 saturated heterocycles. The quantitative estimate of drug-likeness (QED) is 0.746. The Bertz CT molecular complexity index is 289. The van der Waals surface area contributed by atoms with Crippen molar-refractivity contribution in [1.29, 1.82) is 0 Å². The van der Waals surface area contributed by atoms with Crippen LogP contribution in [0.1, 0.15) is 32.1 Å². The van der Waals surface area contributed by atoms with E-state index in [1.807, 2.05) is 0 Å². The second-order valence-corrected chi connectivity index (χ2v) is 5.33. The van der Waals surface area contributed by atoms with Gasteiger partial charge in [0.25, 0.3) is 0 Å². The largest absolute Gasteiger partial charge is 0.391 e. The van der Waals surface area contributed by atoms with Crippen molar-refractivity contribution in [3.05, 3.63) is 0 Å². The molecule has 1 aliphatic heterocycles. The third kappa shape index (κ3) is 2.30. The Labute approximate surface area is 98.1 Å². The summed E-state index contributed by atoms with van der Waals surface area (Å²) >= 11 is 0. The number of aliphatic hydroxyl groups is 1. The van der Waals surface area contributed by atoms with Crippen LogP contribution in [0, 0.1) is 5.92 Å². The molecule has 3 atom stereocenters. The van der Waals surface area contributed by atoms with Crippen LogP contribution in [0.4, 0.5) is 13.2 Å². The monoisotopic (exact) mass is 253 g/mol. The molecule has 6 heteroatoms. The predicted octanol–water partition coefficient (Wildman–Crippen LogP) is 1.59. The minimum Gasteiger partial charge on any atom is -0.388 e. The summed E-state index contributed by atoms with van der Waals surface area (Å²) in [4.78, 5) is 0. The summed E-state index contributed by atoms with van der Waals surface area (Å²) < 4.78 is 43.3. The highest BCUT2D eigenvalue weighted by atomic mass is 19.4. The lowest BCUT2D eigenvalue weighted by Gasteiger charge is -2.46. The summed E-state index contributed by atoms with van der Waals surface area (Å²) in [6.45, 7) is 0.559. The molecule has 1 saturated carbocycles. The van der Waals surface area contributed by atoms with Gasteiger partial charge in [0.1, 0.15) is 0 Å². The Morgan fingerprint density at radius 2 is 2.00 bits per heavy atom. The van der Waals surface area contributed by atoms with Crippen LogP contribution in [0.25, 0.3) is 0 Å². The predicted molar refractivity (Wildman–Crippen MR) is 55.3 cm³/mol. The number of rotatable bonds is 1. The van der Waals surface area contributed by atoms with Crippen LogP contribution < -0.4 is 5.73 Å². The van der Waals surface area contributed by atoms with Gasteiger partial charge in [0, 0.05) is 6.61 Å². The average molecular weight is 253 g/mol. The summed E-state index contributed by atoms with van der Waals surface area (Å²) in [5.74, 6) is -1.44. The van der Waals surface area contributed by atoms with E-state index in [-0.39, 0.29) is 19.4 Å². The molecule has 2 rings (SSSR count). The molecule has 2 fully saturated rings. The van der Waals surface area contributed by atoms with E-state index in [0.29, 0.717) is 25.9 Å². The minimum atomic E-state index is -4.25. The van der Waals surface area contributed by atoms with Gasteiger partial charge in [0.15, 0.2) is 0 Å². The Kier molecular flexibility index (Phi) is 3.16. The van der Waals surface area contributed by atoms with Crippen LogP contribution in [0.2, 0.25) is 0 Å². The van der Waals surface area contributed by atoms with Crippen molar-refractivity contribution in [2.24, 2.45) is 11.7 Å². The molecule has 3 N–H and O–H groups in total. The number of hydrogen-bond acceptors (Lipinski definition) is 3. The highest BCUT2D eigenvalue weighted by Gasteiger charge is 2.56. The van der Waals surface area contributed by atoms with Crippen LogP contribution >= 0.6 is 0 Å². The standard InChI is InChI=1S/C11H18F3NO2/c12-11(13,14)8-2-1-3-10(16,6-8)9(15)4-5-17-7-9/h8,16H,1-7,15H2. The first-order valence-electron chi connectivity index (χ1n) is 5.93. The molecule has 3 unspecified atom stereocenters. The molecule has 1 aliphatic carbocycles. The maximum atomic E-state index is 12.7. The van der Waals surface area contributed by atoms with Crippen molar-refractivity contribution in [3.63, 3.8) is 0 Å². The molecule has 2 aliphatic rings. The molecule has 0 radical (unpaired) electrons. The molecular formula is C11H18F3NO2. The van der Waals surface area contributed by atoms with Crippen LogP contribution in [0.3, 0.4) is 0 Å². The molecule has 0 amide bonds. The van der Waals surface area contributed by atoms with Crippen molar-refractivity contribution in [1.82, 2.24) is 0 Å². The smallest absolute Gasteiger partial charge is 0.388 e. The van der Waals surface area contributed by atoms with E-state index in [1.54, 1.807) is 0 Å². The first kappa shape index (κ1) is 13.1. The second kappa shape index (κ2) is 4.10. The number of nitrogens with two attached hydrogens (primary N) is 1. The van der Waals surface area contributed by atoms with E-state index in [1.165, 1.54) is 0 Å². The van der Waals surface area contributed by atoms with Gasteiger partial charge in [-0.25, -0.2) is 0 Å². The van der Waals surface area contributed by atoms with Gasteiger partial charge in [-0.1, -0.05) is 0 Å². The highest BCUT2D eigenvalue weighted by molar-refractivity contribution is 5.08. The maximum absolute atomic E-state index is 12.7. The van der Waals surface area contributed by atoms with E-state index in [2.05, 4.69) is 0 Å². The summed E-state index contributed by atoms with van der Waals surface area (Å²) in [6.07, 6.45) is -3.34. The maximum Gasteiger partial charge on any atom is 0.391 e. The fourth-order valence-corrected chi connectivity index (χ4v) is 2.93. The normalized spacial score (nSPS) is 43.9. The SMILES string of the molecule is NC1(C2(O)CCCC(C(F)(F)F)C2)CCOC1. The molecule has 1 heterocycles. The van der Waals surface area contributed by atoms with Crippen molar-refractivity contribution in [2.45, 2.75) is 49.4 Å². The molecule has 100 valence electrons. The van der Waals surface area contributed by atoms with Crippen molar-refractivity contribution in [2.75, 3.05) is 13.2 Å². The Morgan fingerprint density at radius 3 is 2.53 bits per heavy atom. The molecule has 0 aromatic carbocycles. The third-order valence-electron chi connectivity index (χ3n) is 4.17. The van der Waals surface area contributed by atoms with Gasteiger partial charge in [0.05, 0.1) is 23.7 Å². The summed E-state index contributed by atoms with van der Waals surface area (Å²) in [7, 11) is 0. The molecular weight excluding hydrogens is 235 g/mol. The number of hydrogen-bond donors (Lipinski definition) is 2. The summed E-state index contributed by atoms with van der Waals surface area (Å²) in [5, 5.41) is 10.5. The Hall–Kier alpha value is -0.330. The topological polar surface area (TPSA) is 55.5 Å². The molecule has 0 bridgehead atoms. The molecule has 17 heavy (non-hydrogen) atoms. The fraction of sp³-hybridized carbons (Fsp3) is 1.00. The highest BCUT2D eigenvalue weighted by Crippen LogP contribution is 2.46. The van der Waals surface area contributed by atoms with Gasteiger partial charge < -0.3 is 15.6 Å². The first-order chi connectivity index (χ1) is 7.77.